The molecular weight excluding hydrogens is 362 g/mol. The number of nitrogens with zero attached hydrogens (tertiary/aromatic N) is 3. The van der Waals surface area contributed by atoms with Crippen molar-refractivity contribution in [3.63, 3.8) is 0 Å². The van der Waals surface area contributed by atoms with Crippen molar-refractivity contribution in [2.75, 3.05) is 46.8 Å². The number of hydrogen-bond acceptors (Lipinski definition) is 3. The van der Waals surface area contributed by atoms with Gasteiger partial charge < -0.3 is 15.5 Å². The van der Waals surface area contributed by atoms with Crippen LogP contribution in [0.5, 0.6) is 0 Å². The summed E-state index contributed by atoms with van der Waals surface area (Å²) in [7, 11) is 3.55. The van der Waals surface area contributed by atoms with Gasteiger partial charge in [-0.15, -0.1) is 0 Å². The van der Waals surface area contributed by atoms with Gasteiger partial charge in [-0.3, -0.25) is 14.7 Å². The number of hydrogen-bond donors (Lipinski definition) is 2. The molecule has 0 bridgehead atoms. The Labute approximate surface area is 176 Å². The fourth-order valence-corrected chi connectivity index (χ4v) is 3.55. The van der Waals surface area contributed by atoms with Crippen LogP contribution in [0.15, 0.2) is 41.4 Å². The third kappa shape index (κ3) is 7.89. The van der Waals surface area contributed by atoms with E-state index in [0.717, 1.165) is 62.5 Å². The van der Waals surface area contributed by atoms with Gasteiger partial charge in [-0.2, -0.15) is 0 Å². The third-order valence-electron chi connectivity index (χ3n) is 5.02. The molecule has 1 fully saturated rings. The van der Waals surface area contributed by atoms with E-state index in [1.807, 2.05) is 18.2 Å². The van der Waals surface area contributed by atoms with Crippen LogP contribution >= 0.6 is 0 Å². The lowest BCUT2D eigenvalue weighted by atomic mass is 10.0. The summed E-state index contributed by atoms with van der Waals surface area (Å²) in [5, 5.41) is 6.95. The molecule has 160 valence electrons. The van der Waals surface area contributed by atoms with Crippen molar-refractivity contribution in [1.29, 1.82) is 0 Å². The van der Waals surface area contributed by atoms with Crippen LogP contribution in [0.25, 0.3) is 0 Å². The Hall–Kier alpha value is -2.34. The highest BCUT2D eigenvalue weighted by Gasteiger charge is 2.19. The molecule has 0 spiro atoms. The SMILES string of the molecule is C=C(C)CN1CCC(NC(=NCCc2cccc(C(=O)N(C)C)c2)NCC)CC1. The highest BCUT2D eigenvalue weighted by Crippen LogP contribution is 2.12. The number of nitrogens with one attached hydrogen (secondary N) is 2. The van der Waals surface area contributed by atoms with Gasteiger partial charge in [0.25, 0.3) is 5.91 Å². The second-order valence-corrected chi connectivity index (χ2v) is 8.06. The number of carbonyl (C=O) groups excluding carboxylic acids is 1. The lowest BCUT2D eigenvalue weighted by molar-refractivity contribution is 0.0827. The minimum atomic E-state index is 0.0309. The summed E-state index contributed by atoms with van der Waals surface area (Å²) >= 11 is 0. The summed E-state index contributed by atoms with van der Waals surface area (Å²) < 4.78 is 0. The van der Waals surface area contributed by atoms with Gasteiger partial charge in [0, 0.05) is 58.4 Å². The van der Waals surface area contributed by atoms with Crippen LogP contribution in [0, 0.1) is 0 Å². The molecule has 6 heteroatoms. The van der Waals surface area contributed by atoms with Gasteiger partial charge in [0.2, 0.25) is 0 Å². The van der Waals surface area contributed by atoms with E-state index in [9.17, 15) is 4.79 Å². The predicted octanol–water partition coefficient (Wildman–Crippen LogP) is 2.53. The number of amides is 1. The van der Waals surface area contributed by atoms with Gasteiger partial charge in [0.1, 0.15) is 0 Å². The Morgan fingerprint density at radius 1 is 1.31 bits per heavy atom. The molecule has 0 unspecified atom stereocenters. The van der Waals surface area contributed by atoms with Crippen molar-refractivity contribution in [2.45, 2.75) is 39.2 Å². The quantitative estimate of drug-likeness (QED) is 0.401. The molecule has 0 saturated carbocycles. The number of likely N-dealkylation sites (tertiary alicyclic amines) is 1. The number of benzene rings is 1. The maximum Gasteiger partial charge on any atom is 0.253 e. The van der Waals surface area contributed by atoms with E-state index in [0.29, 0.717) is 12.6 Å². The van der Waals surface area contributed by atoms with Crippen molar-refractivity contribution in [2.24, 2.45) is 4.99 Å². The molecule has 2 N–H and O–H groups in total. The topological polar surface area (TPSA) is 60.0 Å². The summed E-state index contributed by atoms with van der Waals surface area (Å²) in [4.78, 5) is 21.0. The monoisotopic (exact) mass is 399 g/mol. The Bertz CT molecular complexity index is 705. The van der Waals surface area contributed by atoms with Crippen LogP contribution < -0.4 is 10.6 Å². The van der Waals surface area contributed by atoms with Crippen molar-refractivity contribution in [1.82, 2.24) is 20.4 Å². The molecule has 0 aromatic heterocycles. The molecule has 1 aromatic rings. The summed E-state index contributed by atoms with van der Waals surface area (Å²) in [6.07, 6.45) is 3.04. The summed E-state index contributed by atoms with van der Waals surface area (Å²) in [5.41, 5.74) is 3.08. The number of carbonyl (C=O) groups is 1. The van der Waals surface area contributed by atoms with E-state index < -0.39 is 0 Å². The largest absolute Gasteiger partial charge is 0.357 e. The van der Waals surface area contributed by atoms with Crippen LogP contribution in [0.3, 0.4) is 0 Å². The smallest absolute Gasteiger partial charge is 0.253 e. The molecule has 1 heterocycles. The molecule has 1 aliphatic heterocycles. The number of aliphatic imine (C=N–C) groups is 1. The van der Waals surface area contributed by atoms with Crippen molar-refractivity contribution >= 4 is 11.9 Å². The van der Waals surface area contributed by atoms with Gasteiger partial charge in [0.15, 0.2) is 5.96 Å². The zero-order valence-corrected chi connectivity index (χ0v) is 18.5. The fourth-order valence-electron chi connectivity index (χ4n) is 3.55. The van der Waals surface area contributed by atoms with Crippen LogP contribution in [-0.2, 0) is 6.42 Å². The van der Waals surface area contributed by atoms with E-state index in [2.05, 4.69) is 42.0 Å². The average molecular weight is 400 g/mol. The maximum atomic E-state index is 12.1. The lowest BCUT2D eigenvalue weighted by Gasteiger charge is -2.33. The molecule has 29 heavy (non-hydrogen) atoms. The van der Waals surface area contributed by atoms with Crippen molar-refractivity contribution in [3.05, 3.63) is 47.5 Å². The minimum Gasteiger partial charge on any atom is -0.357 e. The molecule has 1 aromatic carbocycles. The standard InChI is InChI=1S/C23H37N5O/c1-6-24-23(26-21-11-14-28(15-12-21)17-18(2)3)25-13-10-19-8-7-9-20(16-19)22(29)27(4)5/h7-9,16,21H,2,6,10-15,17H2,1,3-5H3,(H2,24,25,26). The van der Waals surface area contributed by atoms with Crippen molar-refractivity contribution < 1.29 is 4.79 Å². The molecule has 0 atom stereocenters. The third-order valence-corrected chi connectivity index (χ3v) is 5.02. The van der Waals surface area contributed by atoms with Crippen molar-refractivity contribution in [3.8, 4) is 0 Å². The van der Waals surface area contributed by atoms with Gasteiger partial charge >= 0.3 is 0 Å². The number of guanidine groups is 1. The second-order valence-electron chi connectivity index (χ2n) is 8.06. The van der Waals surface area contributed by atoms with E-state index in [4.69, 9.17) is 4.99 Å². The molecular formula is C23H37N5O. The number of rotatable bonds is 8. The van der Waals surface area contributed by atoms with Crippen LogP contribution in [0.4, 0.5) is 0 Å². The van der Waals surface area contributed by atoms with Crippen LogP contribution in [0.1, 0.15) is 42.6 Å². The van der Waals surface area contributed by atoms with Gasteiger partial charge in [0.05, 0.1) is 0 Å². The second kappa shape index (κ2) is 11.6. The van der Waals surface area contributed by atoms with Gasteiger partial charge in [-0.25, -0.2) is 0 Å². The lowest BCUT2D eigenvalue weighted by Crippen LogP contribution is -2.48. The van der Waals surface area contributed by atoms with E-state index in [1.54, 1.807) is 19.0 Å². The Morgan fingerprint density at radius 3 is 2.66 bits per heavy atom. The van der Waals surface area contributed by atoms with Crippen LogP contribution in [-0.4, -0.2) is 74.5 Å². The minimum absolute atomic E-state index is 0.0309. The van der Waals surface area contributed by atoms with E-state index in [1.165, 1.54) is 5.57 Å². The van der Waals surface area contributed by atoms with Crippen LogP contribution in [0.2, 0.25) is 0 Å². The average Bonchev–Trinajstić information content (AvgIpc) is 2.69. The van der Waals surface area contributed by atoms with Gasteiger partial charge in [-0.1, -0.05) is 24.3 Å². The normalized spacial score (nSPS) is 15.8. The molecule has 1 amide bonds. The number of piperidine rings is 1. The first-order valence-electron chi connectivity index (χ1n) is 10.6. The Morgan fingerprint density at radius 2 is 2.03 bits per heavy atom. The fraction of sp³-hybridized carbons (Fsp3) is 0.565. The first kappa shape index (κ1) is 22.9. The summed E-state index contributed by atoms with van der Waals surface area (Å²) in [6.45, 7) is 12.9. The highest BCUT2D eigenvalue weighted by atomic mass is 16.2. The Kier molecular flexibility index (Phi) is 9.19. The maximum absolute atomic E-state index is 12.1. The molecule has 1 saturated heterocycles. The predicted molar refractivity (Wildman–Crippen MR) is 122 cm³/mol. The van der Waals surface area contributed by atoms with E-state index >= 15 is 0 Å². The zero-order valence-electron chi connectivity index (χ0n) is 18.5. The molecule has 1 aliphatic rings. The highest BCUT2D eigenvalue weighted by molar-refractivity contribution is 5.94. The molecule has 0 aliphatic carbocycles. The molecule has 0 radical (unpaired) electrons. The zero-order chi connectivity index (χ0) is 21.2. The van der Waals surface area contributed by atoms with Gasteiger partial charge in [-0.05, 0) is 50.8 Å². The first-order chi connectivity index (χ1) is 13.9. The molecule has 2 rings (SSSR count). The summed E-state index contributed by atoms with van der Waals surface area (Å²) in [6, 6.07) is 8.28. The van der Waals surface area contributed by atoms with E-state index in [-0.39, 0.29) is 5.91 Å². The summed E-state index contributed by atoms with van der Waals surface area (Å²) in [5.74, 6) is 0.912. The first-order valence-corrected chi connectivity index (χ1v) is 10.6. The Balaban J connectivity index is 1.87. The molecule has 6 nitrogen and oxygen atoms in total.